The Bertz CT molecular complexity index is 409. The quantitative estimate of drug-likeness (QED) is 0.751. The van der Waals surface area contributed by atoms with Gasteiger partial charge in [0.05, 0.1) is 26.0 Å². The van der Waals surface area contributed by atoms with Crippen molar-refractivity contribution in [2.75, 3.05) is 14.2 Å². The molecule has 4 nitrogen and oxygen atoms in total. The average molecular weight is 235 g/mol. The van der Waals surface area contributed by atoms with Crippen molar-refractivity contribution in [3.8, 4) is 5.88 Å². The maximum Gasteiger partial charge on any atom is 0.341 e. The lowest BCUT2D eigenvalue weighted by molar-refractivity contribution is 0.0580. The Labute approximate surface area is 89.0 Å². The molecule has 0 aromatic carbocycles. The highest BCUT2D eigenvalue weighted by molar-refractivity contribution is 5.92. The van der Waals surface area contributed by atoms with Crippen LogP contribution in [-0.4, -0.2) is 25.2 Å². The highest BCUT2D eigenvalue weighted by Gasteiger charge is 2.28. The lowest BCUT2D eigenvalue weighted by atomic mass is 10.1. The van der Waals surface area contributed by atoms with Crippen LogP contribution in [0.3, 0.4) is 0 Å². The number of carbonyl (C=O) groups excluding carboxylic acids is 1. The molecule has 1 heterocycles. The van der Waals surface area contributed by atoms with Gasteiger partial charge in [0.2, 0.25) is 5.88 Å². The van der Waals surface area contributed by atoms with Gasteiger partial charge in [-0.2, -0.15) is 0 Å². The summed E-state index contributed by atoms with van der Waals surface area (Å²) in [6.45, 7) is 0. The minimum absolute atomic E-state index is 0.503. The molecule has 0 radical (unpaired) electrons. The molecule has 0 spiro atoms. The van der Waals surface area contributed by atoms with Gasteiger partial charge in [-0.1, -0.05) is 0 Å². The minimum Gasteiger partial charge on any atom is -0.481 e. The number of ether oxygens (including phenoxy) is 2. The molecule has 1 aromatic rings. The fourth-order valence-corrected chi connectivity index (χ4v) is 1.16. The molecule has 0 unspecified atom stereocenters. The summed E-state index contributed by atoms with van der Waals surface area (Å²) in [5.74, 6) is -2.88. The van der Waals surface area contributed by atoms with Gasteiger partial charge in [-0.15, -0.1) is 0 Å². The Morgan fingerprint density at radius 3 is 2.50 bits per heavy atom. The molecule has 1 rings (SSSR count). The fraction of sp³-hybridized carbons (Fsp3) is 0.333. The van der Waals surface area contributed by atoms with Crippen molar-refractivity contribution in [1.82, 2.24) is 4.98 Å². The van der Waals surface area contributed by atoms with Gasteiger partial charge in [-0.05, 0) is 0 Å². The topological polar surface area (TPSA) is 48.4 Å². The molecule has 0 bridgehead atoms. The molecule has 0 saturated heterocycles. The van der Waals surface area contributed by atoms with Gasteiger partial charge in [-0.25, -0.2) is 22.9 Å². The zero-order chi connectivity index (χ0) is 12.3. The van der Waals surface area contributed by atoms with Gasteiger partial charge in [0.25, 0.3) is 6.43 Å². The van der Waals surface area contributed by atoms with Crippen molar-refractivity contribution < 1.29 is 27.4 Å². The summed E-state index contributed by atoms with van der Waals surface area (Å²) in [7, 11) is 2.05. The number of hydrogen-bond donors (Lipinski definition) is 0. The number of carbonyl (C=O) groups is 1. The van der Waals surface area contributed by atoms with Crippen LogP contribution in [0.5, 0.6) is 5.88 Å². The molecule has 0 aliphatic carbocycles. The Balaban J connectivity index is 3.48. The maximum atomic E-state index is 13.2. The third-order valence-corrected chi connectivity index (χ3v) is 1.83. The van der Waals surface area contributed by atoms with Gasteiger partial charge < -0.3 is 9.47 Å². The molecule has 0 N–H and O–H groups in total. The monoisotopic (exact) mass is 235 g/mol. The van der Waals surface area contributed by atoms with Gasteiger partial charge in [0.15, 0.2) is 5.82 Å². The van der Waals surface area contributed by atoms with Crippen molar-refractivity contribution in [3.63, 3.8) is 0 Å². The minimum atomic E-state index is -3.09. The van der Waals surface area contributed by atoms with Crippen LogP contribution in [0.2, 0.25) is 0 Å². The summed E-state index contributed by atoms with van der Waals surface area (Å²) in [4.78, 5) is 14.5. The molecule has 0 saturated carbocycles. The van der Waals surface area contributed by atoms with E-state index < -0.39 is 35.2 Å². The van der Waals surface area contributed by atoms with Gasteiger partial charge in [0, 0.05) is 0 Å². The standard InChI is InChI=1S/C9H8F3NO3/c1-15-8-6(7(11)12)5(9(14)16-2)4(10)3-13-8/h3,7H,1-2H3. The number of rotatable bonds is 3. The second kappa shape index (κ2) is 4.82. The number of aromatic nitrogens is 1. The number of halogens is 3. The molecule has 7 heteroatoms. The Morgan fingerprint density at radius 1 is 1.44 bits per heavy atom. The summed E-state index contributed by atoms with van der Waals surface area (Å²) in [5, 5.41) is 0. The number of methoxy groups -OCH3 is 2. The van der Waals surface area contributed by atoms with E-state index in [1.54, 1.807) is 0 Å². The summed E-state index contributed by atoms with van der Waals surface area (Å²) in [6.07, 6.45) is -2.47. The van der Waals surface area contributed by atoms with Crippen LogP contribution >= 0.6 is 0 Å². The first-order valence-electron chi connectivity index (χ1n) is 4.11. The highest BCUT2D eigenvalue weighted by Crippen LogP contribution is 2.32. The van der Waals surface area contributed by atoms with E-state index in [1.807, 2.05) is 0 Å². The lowest BCUT2D eigenvalue weighted by Gasteiger charge is -2.11. The molecular weight excluding hydrogens is 227 g/mol. The predicted molar refractivity (Wildman–Crippen MR) is 47.0 cm³/mol. The van der Waals surface area contributed by atoms with Crippen LogP contribution in [0.1, 0.15) is 22.3 Å². The molecular formula is C9H8F3NO3. The van der Waals surface area contributed by atoms with Crippen LogP contribution in [0, 0.1) is 5.82 Å². The predicted octanol–water partition coefficient (Wildman–Crippen LogP) is 1.95. The number of hydrogen-bond acceptors (Lipinski definition) is 4. The van der Waals surface area contributed by atoms with E-state index in [0.717, 1.165) is 14.2 Å². The smallest absolute Gasteiger partial charge is 0.341 e. The van der Waals surface area contributed by atoms with Gasteiger partial charge in [-0.3, -0.25) is 0 Å². The van der Waals surface area contributed by atoms with Gasteiger partial charge >= 0.3 is 5.97 Å². The van der Waals surface area contributed by atoms with Crippen molar-refractivity contribution >= 4 is 5.97 Å². The van der Waals surface area contributed by atoms with Crippen LogP contribution in [-0.2, 0) is 4.74 Å². The fourth-order valence-electron chi connectivity index (χ4n) is 1.16. The van der Waals surface area contributed by atoms with E-state index in [1.165, 1.54) is 0 Å². The van der Waals surface area contributed by atoms with E-state index in [9.17, 15) is 18.0 Å². The average Bonchev–Trinajstić information content (AvgIpc) is 2.27. The lowest BCUT2D eigenvalue weighted by Crippen LogP contribution is -2.12. The van der Waals surface area contributed by atoms with E-state index in [-0.39, 0.29) is 0 Å². The van der Waals surface area contributed by atoms with Crippen LogP contribution in [0.25, 0.3) is 0 Å². The van der Waals surface area contributed by atoms with Gasteiger partial charge in [0.1, 0.15) is 5.56 Å². The molecule has 0 aliphatic rings. The summed E-state index contributed by atoms with van der Waals surface area (Å²) >= 11 is 0. The number of alkyl halides is 2. The van der Waals surface area contributed by atoms with E-state index >= 15 is 0 Å². The Morgan fingerprint density at radius 2 is 2.06 bits per heavy atom. The largest absolute Gasteiger partial charge is 0.481 e. The number of esters is 1. The maximum absolute atomic E-state index is 13.2. The first-order chi connectivity index (χ1) is 7.52. The number of nitrogens with zero attached hydrogens (tertiary/aromatic N) is 1. The normalized spacial score (nSPS) is 10.4. The summed E-state index contributed by atoms with van der Waals surface area (Å²) in [6, 6.07) is 0. The molecule has 1 aromatic heterocycles. The van der Waals surface area contributed by atoms with Crippen LogP contribution in [0.4, 0.5) is 13.2 Å². The van der Waals surface area contributed by atoms with Crippen LogP contribution in [0.15, 0.2) is 6.20 Å². The second-order valence-corrected chi connectivity index (χ2v) is 2.70. The Kier molecular flexibility index (Phi) is 3.70. The van der Waals surface area contributed by atoms with Crippen molar-refractivity contribution in [1.29, 1.82) is 0 Å². The SMILES string of the molecule is COC(=O)c1c(F)cnc(OC)c1C(F)F. The zero-order valence-corrected chi connectivity index (χ0v) is 8.46. The number of pyridine rings is 1. The third kappa shape index (κ3) is 2.07. The molecule has 0 fully saturated rings. The van der Waals surface area contributed by atoms with E-state index in [4.69, 9.17) is 0 Å². The van der Waals surface area contributed by atoms with E-state index in [0.29, 0.717) is 6.20 Å². The molecule has 16 heavy (non-hydrogen) atoms. The van der Waals surface area contributed by atoms with Crippen molar-refractivity contribution in [2.24, 2.45) is 0 Å². The molecule has 88 valence electrons. The highest BCUT2D eigenvalue weighted by atomic mass is 19.3. The zero-order valence-electron chi connectivity index (χ0n) is 8.46. The Hall–Kier alpha value is -1.79. The van der Waals surface area contributed by atoms with Crippen molar-refractivity contribution in [3.05, 3.63) is 23.1 Å². The summed E-state index contributed by atoms with van der Waals surface area (Å²) < 4.78 is 47.3. The molecule has 0 aliphatic heterocycles. The molecule has 0 atom stereocenters. The first kappa shape index (κ1) is 12.3. The van der Waals surface area contributed by atoms with Crippen LogP contribution < -0.4 is 4.74 Å². The van der Waals surface area contributed by atoms with E-state index in [2.05, 4.69) is 14.5 Å². The first-order valence-corrected chi connectivity index (χ1v) is 4.11. The third-order valence-electron chi connectivity index (χ3n) is 1.83. The van der Waals surface area contributed by atoms with Crippen molar-refractivity contribution in [2.45, 2.75) is 6.43 Å². The molecule has 0 amide bonds. The second-order valence-electron chi connectivity index (χ2n) is 2.70. The summed E-state index contributed by atoms with van der Waals surface area (Å²) in [5.41, 5.74) is -1.77.